The van der Waals surface area contributed by atoms with Crippen LogP contribution in [0.1, 0.15) is 32.1 Å². The number of nitrogens with one attached hydrogen (secondary N) is 1. The van der Waals surface area contributed by atoms with Crippen LogP contribution in [-0.2, 0) is 0 Å². The Kier molecular flexibility index (Phi) is 5.24. The van der Waals surface area contributed by atoms with Crippen LogP contribution in [0, 0.1) is 0 Å². The largest absolute Gasteiger partial charge is 0.370 e. The van der Waals surface area contributed by atoms with Crippen molar-refractivity contribution in [1.82, 2.24) is 19.9 Å². The summed E-state index contributed by atoms with van der Waals surface area (Å²) in [5.74, 6) is 0.878. The minimum absolute atomic E-state index is 0.712. The first-order valence-electron chi connectivity index (χ1n) is 11.8. The van der Waals surface area contributed by atoms with Crippen molar-refractivity contribution in [2.45, 2.75) is 38.1 Å². The van der Waals surface area contributed by atoms with Gasteiger partial charge in [-0.3, -0.25) is 4.98 Å². The van der Waals surface area contributed by atoms with Crippen LogP contribution >= 0.6 is 11.6 Å². The third-order valence-electron chi connectivity index (χ3n) is 7.14. The molecule has 0 aliphatic carbocycles. The molecule has 4 aromatic rings. The highest BCUT2D eigenvalue weighted by atomic mass is 35.5. The third kappa shape index (κ3) is 3.63. The Bertz CT molecular complexity index is 1220. The molecule has 2 aliphatic rings. The maximum atomic E-state index is 6.29. The Hall–Kier alpha value is -2.63. The Morgan fingerprint density at radius 3 is 2.53 bits per heavy atom. The molecule has 0 saturated carbocycles. The number of rotatable bonds is 3. The lowest BCUT2D eigenvalue weighted by Crippen LogP contribution is -2.46. The lowest BCUT2D eigenvalue weighted by atomic mass is 9.98. The maximum Gasteiger partial charge on any atom is 0.142 e. The number of para-hydroxylation sites is 2. The topological polar surface area (TPSA) is 48.0 Å². The average molecular weight is 446 g/mol. The van der Waals surface area contributed by atoms with Gasteiger partial charge in [-0.2, -0.15) is 0 Å². The number of benzene rings is 2. The number of aromatic amines is 1. The Morgan fingerprint density at radius 1 is 0.906 bits per heavy atom. The molecule has 4 heterocycles. The number of halogens is 1. The fourth-order valence-electron chi connectivity index (χ4n) is 5.48. The highest BCUT2D eigenvalue weighted by Gasteiger charge is 2.28. The van der Waals surface area contributed by atoms with Crippen LogP contribution in [0.4, 0.5) is 5.69 Å². The van der Waals surface area contributed by atoms with E-state index in [2.05, 4.69) is 26.9 Å². The highest BCUT2D eigenvalue weighted by molar-refractivity contribution is 6.31. The second kappa shape index (κ2) is 8.38. The summed E-state index contributed by atoms with van der Waals surface area (Å²) in [6, 6.07) is 14.9. The summed E-state index contributed by atoms with van der Waals surface area (Å²) >= 11 is 6.29. The van der Waals surface area contributed by atoms with Crippen LogP contribution in [0.5, 0.6) is 0 Å². The molecule has 6 heteroatoms. The quantitative estimate of drug-likeness (QED) is 0.427. The maximum absolute atomic E-state index is 6.29. The van der Waals surface area contributed by atoms with Crippen LogP contribution in [-0.4, -0.2) is 52.1 Å². The van der Waals surface area contributed by atoms with Crippen molar-refractivity contribution in [3.05, 3.63) is 53.7 Å². The Balaban J connectivity index is 1.39. The van der Waals surface area contributed by atoms with Gasteiger partial charge < -0.3 is 14.8 Å². The van der Waals surface area contributed by atoms with Gasteiger partial charge in [0.1, 0.15) is 5.82 Å². The number of imidazole rings is 1. The molecular formula is C26H28ClN5. The molecule has 0 bridgehead atoms. The molecule has 2 saturated heterocycles. The molecule has 0 radical (unpaired) electrons. The van der Waals surface area contributed by atoms with Gasteiger partial charge in [0.2, 0.25) is 0 Å². The predicted octanol–water partition coefficient (Wildman–Crippen LogP) is 5.89. The number of hydrogen-bond acceptors (Lipinski definition) is 4. The van der Waals surface area contributed by atoms with Gasteiger partial charge in [0.25, 0.3) is 0 Å². The van der Waals surface area contributed by atoms with E-state index in [1.165, 1.54) is 50.9 Å². The van der Waals surface area contributed by atoms with Gasteiger partial charge in [0.15, 0.2) is 0 Å². The molecule has 1 N–H and O–H groups in total. The molecule has 6 rings (SSSR count). The summed E-state index contributed by atoms with van der Waals surface area (Å²) in [6.45, 7) is 4.64. The van der Waals surface area contributed by atoms with E-state index < -0.39 is 0 Å². The molecule has 2 aromatic heterocycles. The average Bonchev–Trinajstić information content (AvgIpc) is 3.28. The molecule has 5 nitrogen and oxygen atoms in total. The summed E-state index contributed by atoms with van der Waals surface area (Å²) in [6.07, 6.45) is 8.47. The second-order valence-electron chi connectivity index (χ2n) is 9.10. The molecule has 0 unspecified atom stereocenters. The summed E-state index contributed by atoms with van der Waals surface area (Å²) < 4.78 is 0. The van der Waals surface area contributed by atoms with E-state index in [-0.39, 0.29) is 0 Å². The molecule has 0 atom stereocenters. The standard InChI is InChI=1S/C26H28ClN5/c27-18-8-9-20-24(16-18)28-17-21(26-29-22-6-2-3-7-23(22)30-26)25(20)32-14-10-19(11-15-32)31-12-4-1-5-13-31/h2-3,6-9,16-17,19H,1,4-5,10-15H2,(H,29,30). The zero-order valence-corrected chi connectivity index (χ0v) is 19.0. The molecule has 2 fully saturated rings. The van der Waals surface area contributed by atoms with Gasteiger partial charge >= 0.3 is 0 Å². The smallest absolute Gasteiger partial charge is 0.142 e. The normalized spacial score (nSPS) is 18.6. The monoisotopic (exact) mass is 445 g/mol. The summed E-state index contributed by atoms with van der Waals surface area (Å²) in [5, 5.41) is 1.86. The van der Waals surface area contributed by atoms with E-state index >= 15 is 0 Å². The molecule has 0 spiro atoms. The second-order valence-corrected chi connectivity index (χ2v) is 9.54. The van der Waals surface area contributed by atoms with E-state index in [1.807, 2.05) is 36.5 Å². The summed E-state index contributed by atoms with van der Waals surface area (Å²) in [4.78, 5) is 18.4. The fourth-order valence-corrected chi connectivity index (χ4v) is 5.65. The van der Waals surface area contributed by atoms with Crippen molar-refractivity contribution in [2.75, 3.05) is 31.1 Å². The lowest BCUT2D eigenvalue weighted by Gasteiger charge is -2.41. The predicted molar refractivity (Wildman–Crippen MR) is 132 cm³/mol. The molecular weight excluding hydrogens is 418 g/mol. The number of hydrogen-bond donors (Lipinski definition) is 1. The number of anilines is 1. The number of fused-ring (bicyclic) bond motifs is 2. The van der Waals surface area contributed by atoms with Crippen molar-refractivity contribution >= 4 is 39.2 Å². The first kappa shape index (κ1) is 20.0. The van der Waals surface area contributed by atoms with Gasteiger partial charge in [-0.15, -0.1) is 0 Å². The van der Waals surface area contributed by atoms with Gasteiger partial charge in [0.05, 0.1) is 27.8 Å². The van der Waals surface area contributed by atoms with Crippen molar-refractivity contribution in [2.24, 2.45) is 0 Å². The zero-order chi connectivity index (χ0) is 21.5. The van der Waals surface area contributed by atoms with E-state index in [9.17, 15) is 0 Å². The van der Waals surface area contributed by atoms with Crippen molar-refractivity contribution < 1.29 is 0 Å². The summed E-state index contributed by atoms with van der Waals surface area (Å²) in [7, 11) is 0. The number of pyridine rings is 1. The SMILES string of the molecule is Clc1ccc2c(N3CCC(N4CCCCC4)CC3)c(-c3nc4ccccc4[nH]3)cnc2c1. The van der Waals surface area contributed by atoms with E-state index in [0.717, 1.165) is 51.4 Å². The zero-order valence-electron chi connectivity index (χ0n) is 18.2. The van der Waals surface area contributed by atoms with Crippen molar-refractivity contribution in [1.29, 1.82) is 0 Å². The first-order valence-corrected chi connectivity index (χ1v) is 12.2. The Labute approximate surface area is 193 Å². The molecule has 164 valence electrons. The number of piperidine rings is 2. The Morgan fingerprint density at radius 2 is 1.72 bits per heavy atom. The van der Waals surface area contributed by atoms with Crippen LogP contribution in [0.25, 0.3) is 33.3 Å². The molecule has 2 aromatic carbocycles. The molecule has 2 aliphatic heterocycles. The van der Waals surface area contributed by atoms with Gasteiger partial charge in [-0.05, 0) is 69.1 Å². The minimum atomic E-state index is 0.712. The van der Waals surface area contributed by atoms with E-state index in [0.29, 0.717) is 6.04 Å². The molecule has 32 heavy (non-hydrogen) atoms. The van der Waals surface area contributed by atoms with Crippen LogP contribution in [0.15, 0.2) is 48.7 Å². The van der Waals surface area contributed by atoms with E-state index in [1.54, 1.807) is 0 Å². The van der Waals surface area contributed by atoms with Gasteiger partial charge in [0, 0.05) is 35.7 Å². The number of H-pyrrole nitrogens is 1. The van der Waals surface area contributed by atoms with Crippen LogP contribution < -0.4 is 4.90 Å². The van der Waals surface area contributed by atoms with Crippen LogP contribution in [0.3, 0.4) is 0 Å². The first-order chi connectivity index (χ1) is 15.8. The van der Waals surface area contributed by atoms with Gasteiger partial charge in [-0.1, -0.05) is 30.2 Å². The summed E-state index contributed by atoms with van der Waals surface area (Å²) in [5.41, 5.74) is 5.25. The lowest BCUT2D eigenvalue weighted by molar-refractivity contribution is 0.141. The molecule has 0 amide bonds. The van der Waals surface area contributed by atoms with Crippen molar-refractivity contribution in [3.8, 4) is 11.4 Å². The van der Waals surface area contributed by atoms with Gasteiger partial charge in [-0.25, -0.2) is 4.98 Å². The van der Waals surface area contributed by atoms with E-state index in [4.69, 9.17) is 21.6 Å². The minimum Gasteiger partial charge on any atom is -0.370 e. The number of likely N-dealkylation sites (tertiary alicyclic amines) is 1. The number of aromatic nitrogens is 3. The third-order valence-corrected chi connectivity index (χ3v) is 7.37. The fraction of sp³-hybridized carbons (Fsp3) is 0.385. The highest BCUT2D eigenvalue weighted by Crippen LogP contribution is 2.38. The van der Waals surface area contributed by atoms with Crippen LogP contribution in [0.2, 0.25) is 5.02 Å². The van der Waals surface area contributed by atoms with Crippen molar-refractivity contribution in [3.63, 3.8) is 0 Å². The number of nitrogens with zero attached hydrogens (tertiary/aromatic N) is 4.